The van der Waals surface area contributed by atoms with Crippen LogP contribution in [-0.2, 0) is 4.79 Å². The molecule has 0 bridgehead atoms. The van der Waals surface area contributed by atoms with Crippen molar-refractivity contribution >= 4 is 47.3 Å². The minimum absolute atomic E-state index is 0. The summed E-state index contributed by atoms with van der Waals surface area (Å²) in [5, 5.41) is 9.80. The van der Waals surface area contributed by atoms with Crippen molar-refractivity contribution in [3.05, 3.63) is 72.9 Å². The van der Waals surface area contributed by atoms with Crippen molar-refractivity contribution in [1.82, 2.24) is 14.5 Å². The standard InChI is InChI=1S/C24H21N3O4S.Na/c1-30-18-10-6-16(7-11-18)22-23(17-8-12-19(31-2)13-9-17)27(20-5-3-4-14-25-20)24(26-22)32-15-21(28)29;/h3-14H,15H2,1-2H3,(H,28,29);. The van der Waals surface area contributed by atoms with E-state index < -0.39 is 5.97 Å². The van der Waals surface area contributed by atoms with Gasteiger partial charge >= 0.3 is 5.97 Å². The van der Waals surface area contributed by atoms with Crippen molar-refractivity contribution < 1.29 is 19.4 Å². The maximum Gasteiger partial charge on any atom is 0.313 e. The molecule has 0 atom stereocenters. The fourth-order valence-electron chi connectivity index (χ4n) is 3.29. The SMILES string of the molecule is COc1ccc(-c2nc(SCC(=O)O)n(-c3ccccn3)c2-c2ccc(OC)cc2)cc1.[Na]. The molecular formula is C24H21N3NaO4S. The zero-order valence-electron chi connectivity index (χ0n) is 18.6. The summed E-state index contributed by atoms with van der Waals surface area (Å²) in [6.45, 7) is 0. The average molecular weight is 471 g/mol. The second-order valence-electron chi connectivity index (χ2n) is 6.75. The van der Waals surface area contributed by atoms with Crippen molar-refractivity contribution in [1.29, 1.82) is 0 Å². The predicted octanol–water partition coefficient (Wildman–Crippen LogP) is 4.41. The van der Waals surface area contributed by atoms with Crippen LogP contribution in [0.25, 0.3) is 28.3 Å². The first-order valence-corrected chi connectivity index (χ1v) is 10.8. The Bertz CT molecular complexity index is 1210. The number of aliphatic carboxylic acids is 1. The summed E-state index contributed by atoms with van der Waals surface area (Å²) < 4.78 is 12.5. The molecule has 0 spiro atoms. The second-order valence-corrected chi connectivity index (χ2v) is 7.70. The molecule has 33 heavy (non-hydrogen) atoms. The number of benzene rings is 2. The van der Waals surface area contributed by atoms with Crippen LogP contribution in [0.15, 0.2) is 78.1 Å². The molecule has 2 aromatic heterocycles. The molecule has 2 aromatic carbocycles. The van der Waals surface area contributed by atoms with Gasteiger partial charge in [0.1, 0.15) is 17.3 Å². The average Bonchev–Trinajstić information content (AvgIpc) is 3.23. The van der Waals surface area contributed by atoms with Gasteiger partial charge in [-0.1, -0.05) is 17.8 Å². The summed E-state index contributed by atoms with van der Waals surface area (Å²) in [4.78, 5) is 20.7. The number of rotatable bonds is 8. The van der Waals surface area contributed by atoms with Crippen LogP contribution in [0.5, 0.6) is 11.5 Å². The Morgan fingerprint density at radius 3 is 2.06 bits per heavy atom. The maximum atomic E-state index is 11.3. The van der Waals surface area contributed by atoms with Crippen LogP contribution in [0.2, 0.25) is 0 Å². The minimum atomic E-state index is -0.914. The van der Waals surface area contributed by atoms with Gasteiger partial charge in [-0.3, -0.25) is 9.36 Å². The van der Waals surface area contributed by atoms with Crippen LogP contribution < -0.4 is 9.47 Å². The van der Waals surface area contributed by atoms with Crippen molar-refractivity contribution in [2.75, 3.05) is 20.0 Å². The molecule has 4 aromatic rings. The summed E-state index contributed by atoms with van der Waals surface area (Å²) in [6, 6.07) is 20.9. The summed E-state index contributed by atoms with van der Waals surface area (Å²) in [6.07, 6.45) is 1.70. The van der Waals surface area contributed by atoms with Gasteiger partial charge < -0.3 is 14.6 Å². The van der Waals surface area contributed by atoms with Crippen LogP contribution in [0.3, 0.4) is 0 Å². The van der Waals surface area contributed by atoms with Crippen LogP contribution in [-0.4, -0.2) is 75.1 Å². The van der Waals surface area contributed by atoms with Gasteiger partial charge in [-0.15, -0.1) is 0 Å². The smallest absolute Gasteiger partial charge is 0.313 e. The number of ether oxygens (including phenoxy) is 2. The first-order chi connectivity index (χ1) is 15.6. The van der Waals surface area contributed by atoms with E-state index in [0.29, 0.717) is 11.0 Å². The van der Waals surface area contributed by atoms with E-state index in [1.54, 1.807) is 20.4 Å². The van der Waals surface area contributed by atoms with Crippen molar-refractivity contribution in [3.63, 3.8) is 0 Å². The first-order valence-electron chi connectivity index (χ1n) is 9.78. The molecule has 0 saturated heterocycles. The number of pyridine rings is 1. The molecule has 1 radical (unpaired) electrons. The van der Waals surface area contributed by atoms with Crippen LogP contribution in [0.4, 0.5) is 0 Å². The Balaban J connectivity index is 0.00000306. The zero-order chi connectivity index (χ0) is 22.5. The Morgan fingerprint density at radius 2 is 1.55 bits per heavy atom. The monoisotopic (exact) mass is 470 g/mol. The van der Waals surface area contributed by atoms with E-state index in [1.807, 2.05) is 71.3 Å². The Labute approximate surface area is 218 Å². The Morgan fingerprint density at radius 1 is 0.939 bits per heavy atom. The van der Waals surface area contributed by atoms with E-state index in [1.165, 1.54) is 0 Å². The van der Waals surface area contributed by atoms with E-state index in [-0.39, 0.29) is 35.3 Å². The summed E-state index contributed by atoms with van der Waals surface area (Å²) in [5.41, 5.74) is 3.31. The van der Waals surface area contributed by atoms with E-state index in [9.17, 15) is 9.90 Å². The third-order valence-electron chi connectivity index (χ3n) is 4.78. The fraction of sp³-hybridized carbons (Fsp3) is 0.125. The number of carbonyl (C=O) groups is 1. The summed E-state index contributed by atoms with van der Waals surface area (Å²) in [7, 11) is 3.24. The largest absolute Gasteiger partial charge is 0.497 e. The number of carboxylic acid groups (broad SMARTS) is 1. The number of thioether (sulfide) groups is 1. The molecule has 4 rings (SSSR count). The molecule has 1 N–H and O–H groups in total. The Hall–Kier alpha value is -2.78. The van der Waals surface area contributed by atoms with Crippen LogP contribution in [0, 0.1) is 0 Å². The minimum Gasteiger partial charge on any atom is -0.497 e. The third-order valence-corrected chi connectivity index (χ3v) is 5.70. The van der Waals surface area contributed by atoms with E-state index >= 15 is 0 Å². The van der Waals surface area contributed by atoms with Crippen LogP contribution in [0.1, 0.15) is 0 Å². The molecule has 0 aliphatic carbocycles. The quantitative estimate of drug-likeness (QED) is 0.301. The van der Waals surface area contributed by atoms with Gasteiger partial charge in [0, 0.05) is 46.9 Å². The molecule has 0 aliphatic rings. The second kappa shape index (κ2) is 11.4. The molecular weight excluding hydrogens is 449 g/mol. The van der Waals surface area contributed by atoms with Crippen molar-refractivity contribution in [2.45, 2.75) is 5.16 Å². The summed E-state index contributed by atoms with van der Waals surface area (Å²) >= 11 is 1.15. The number of carboxylic acids is 1. The number of hydrogen-bond acceptors (Lipinski definition) is 6. The molecule has 0 unspecified atom stereocenters. The normalized spacial score (nSPS) is 10.4. The van der Waals surface area contributed by atoms with Gasteiger partial charge in [0.25, 0.3) is 0 Å². The first kappa shape index (κ1) is 24.9. The molecule has 0 saturated carbocycles. The topological polar surface area (TPSA) is 86.5 Å². The number of nitrogens with zero attached hydrogens (tertiary/aromatic N) is 3. The van der Waals surface area contributed by atoms with E-state index in [4.69, 9.17) is 14.5 Å². The van der Waals surface area contributed by atoms with Gasteiger partial charge in [-0.2, -0.15) is 0 Å². The predicted molar refractivity (Wildman–Crippen MR) is 129 cm³/mol. The number of imidazole rings is 1. The maximum absolute atomic E-state index is 11.3. The third kappa shape index (κ3) is 5.59. The Kier molecular flexibility index (Phi) is 8.57. The molecule has 0 amide bonds. The van der Waals surface area contributed by atoms with Gasteiger partial charge in [0.05, 0.1) is 31.4 Å². The van der Waals surface area contributed by atoms with Crippen molar-refractivity contribution in [3.8, 4) is 39.8 Å². The van der Waals surface area contributed by atoms with Crippen LogP contribution >= 0.6 is 11.8 Å². The van der Waals surface area contributed by atoms with E-state index in [2.05, 4.69) is 4.98 Å². The van der Waals surface area contributed by atoms with Gasteiger partial charge in [0.2, 0.25) is 0 Å². The molecule has 0 aliphatic heterocycles. The van der Waals surface area contributed by atoms with Gasteiger partial charge in [0.15, 0.2) is 5.16 Å². The molecule has 2 heterocycles. The number of hydrogen-bond donors (Lipinski definition) is 1. The fourth-order valence-corrected chi connectivity index (χ4v) is 4.01. The number of aromatic nitrogens is 3. The molecule has 7 nitrogen and oxygen atoms in total. The summed E-state index contributed by atoms with van der Waals surface area (Å²) in [5.74, 6) is 1.10. The van der Waals surface area contributed by atoms with Crippen molar-refractivity contribution in [2.24, 2.45) is 0 Å². The molecule has 9 heteroatoms. The van der Waals surface area contributed by atoms with E-state index in [0.717, 1.165) is 45.8 Å². The van der Waals surface area contributed by atoms with Gasteiger partial charge in [-0.05, 0) is 60.7 Å². The number of methoxy groups -OCH3 is 2. The molecule has 0 fully saturated rings. The van der Waals surface area contributed by atoms with Gasteiger partial charge in [-0.25, -0.2) is 9.97 Å². The molecule has 163 valence electrons. The zero-order valence-corrected chi connectivity index (χ0v) is 21.4.